The van der Waals surface area contributed by atoms with Gasteiger partial charge in [0.1, 0.15) is 5.75 Å². The van der Waals surface area contributed by atoms with Crippen LogP contribution in [-0.2, 0) is 6.54 Å². The van der Waals surface area contributed by atoms with Gasteiger partial charge in [-0.3, -0.25) is 4.79 Å². The van der Waals surface area contributed by atoms with Crippen LogP contribution in [0.2, 0.25) is 0 Å². The van der Waals surface area contributed by atoms with Crippen molar-refractivity contribution in [2.45, 2.75) is 13.5 Å². The maximum absolute atomic E-state index is 12.5. The van der Waals surface area contributed by atoms with Gasteiger partial charge in [0.15, 0.2) is 0 Å². The van der Waals surface area contributed by atoms with E-state index < -0.39 is 0 Å². The summed E-state index contributed by atoms with van der Waals surface area (Å²) in [5.74, 6) is 0.796. The minimum absolute atomic E-state index is 0.0133. The fourth-order valence-electron chi connectivity index (χ4n) is 2.13. The number of anilines is 1. The Balaban J connectivity index is 2.13. The highest BCUT2D eigenvalue weighted by molar-refractivity contribution is 5.95. The van der Waals surface area contributed by atoms with Gasteiger partial charge >= 0.3 is 0 Å². The number of rotatable bonds is 5. The number of carbonyl (C=O) groups is 1. The zero-order chi connectivity index (χ0) is 15.2. The first kappa shape index (κ1) is 14.9. The standard InChI is InChI=1S/C17H20N2O2/c1-3-19(12-13-7-9-16(21-2)10-8-13)17(20)14-5-4-6-15(18)11-14/h4-11H,3,12,18H2,1-2H3. The van der Waals surface area contributed by atoms with Crippen molar-refractivity contribution < 1.29 is 9.53 Å². The van der Waals surface area contributed by atoms with E-state index in [1.165, 1.54) is 0 Å². The fourth-order valence-corrected chi connectivity index (χ4v) is 2.13. The van der Waals surface area contributed by atoms with Crippen molar-refractivity contribution in [3.05, 3.63) is 59.7 Å². The molecule has 2 N–H and O–H groups in total. The number of methoxy groups -OCH3 is 1. The number of amides is 1. The maximum atomic E-state index is 12.5. The van der Waals surface area contributed by atoms with Crippen molar-refractivity contribution >= 4 is 11.6 Å². The molecule has 0 unspecified atom stereocenters. The van der Waals surface area contributed by atoms with Crippen molar-refractivity contribution in [1.29, 1.82) is 0 Å². The lowest BCUT2D eigenvalue weighted by atomic mass is 10.1. The lowest BCUT2D eigenvalue weighted by molar-refractivity contribution is 0.0752. The molecule has 0 aromatic heterocycles. The number of carbonyl (C=O) groups excluding carboxylic acids is 1. The number of hydrogen-bond donors (Lipinski definition) is 1. The minimum Gasteiger partial charge on any atom is -0.497 e. The molecular formula is C17H20N2O2. The van der Waals surface area contributed by atoms with E-state index in [-0.39, 0.29) is 5.91 Å². The van der Waals surface area contributed by atoms with Gasteiger partial charge in [0.05, 0.1) is 7.11 Å². The topological polar surface area (TPSA) is 55.6 Å². The van der Waals surface area contributed by atoms with Gasteiger partial charge in [-0.15, -0.1) is 0 Å². The molecule has 0 aliphatic rings. The third-order valence-electron chi connectivity index (χ3n) is 3.34. The molecule has 0 fully saturated rings. The number of hydrogen-bond acceptors (Lipinski definition) is 3. The summed E-state index contributed by atoms with van der Waals surface area (Å²) < 4.78 is 5.14. The van der Waals surface area contributed by atoms with E-state index in [4.69, 9.17) is 10.5 Å². The number of nitrogens with two attached hydrogens (primary N) is 1. The molecule has 0 atom stereocenters. The first-order chi connectivity index (χ1) is 10.1. The van der Waals surface area contributed by atoms with Crippen LogP contribution in [0.25, 0.3) is 0 Å². The molecule has 2 aromatic carbocycles. The summed E-state index contributed by atoms with van der Waals surface area (Å²) in [7, 11) is 1.64. The van der Waals surface area contributed by atoms with E-state index in [9.17, 15) is 4.79 Å². The quantitative estimate of drug-likeness (QED) is 0.859. The van der Waals surface area contributed by atoms with Gasteiger partial charge in [0.25, 0.3) is 5.91 Å². The largest absolute Gasteiger partial charge is 0.497 e. The molecule has 4 heteroatoms. The van der Waals surface area contributed by atoms with E-state index in [2.05, 4.69) is 0 Å². The predicted octanol–water partition coefficient (Wildman–Crippen LogP) is 2.94. The Hall–Kier alpha value is -2.49. The molecule has 110 valence electrons. The molecule has 2 rings (SSSR count). The predicted molar refractivity (Wildman–Crippen MR) is 84.3 cm³/mol. The summed E-state index contributed by atoms with van der Waals surface area (Å²) >= 11 is 0. The monoisotopic (exact) mass is 284 g/mol. The Morgan fingerprint density at radius 1 is 1.19 bits per heavy atom. The molecule has 21 heavy (non-hydrogen) atoms. The Bertz CT molecular complexity index is 608. The molecule has 1 amide bonds. The van der Waals surface area contributed by atoms with Crippen LogP contribution in [0.1, 0.15) is 22.8 Å². The molecule has 0 aliphatic heterocycles. The van der Waals surface area contributed by atoms with Crippen LogP contribution in [0.5, 0.6) is 5.75 Å². The average Bonchev–Trinajstić information content (AvgIpc) is 2.52. The van der Waals surface area contributed by atoms with Crippen LogP contribution in [0, 0.1) is 0 Å². The molecular weight excluding hydrogens is 264 g/mol. The Labute approximate surface area is 125 Å². The van der Waals surface area contributed by atoms with Gasteiger partial charge in [-0.25, -0.2) is 0 Å². The van der Waals surface area contributed by atoms with Gasteiger partial charge in [0, 0.05) is 24.3 Å². The molecule has 0 saturated heterocycles. The van der Waals surface area contributed by atoms with Crippen LogP contribution < -0.4 is 10.5 Å². The zero-order valence-corrected chi connectivity index (χ0v) is 12.4. The SMILES string of the molecule is CCN(Cc1ccc(OC)cc1)C(=O)c1cccc(N)c1. The summed E-state index contributed by atoms with van der Waals surface area (Å²) in [6.07, 6.45) is 0. The molecule has 0 spiro atoms. The third kappa shape index (κ3) is 3.75. The Morgan fingerprint density at radius 3 is 2.48 bits per heavy atom. The lowest BCUT2D eigenvalue weighted by Gasteiger charge is -2.21. The van der Waals surface area contributed by atoms with Crippen molar-refractivity contribution in [3.8, 4) is 5.75 Å². The van der Waals surface area contributed by atoms with E-state index in [1.807, 2.05) is 31.2 Å². The van der Waals surface area contributed by atoms with Gasteiger partial charge in [-0.2, -0.15) is 0 Å². The van der Waals surface area contributed by atoms with Crippen LogP contribution in [0.15, 0.2) is 48.5 Å². The molecule has 4 nitrogen and oxygen atoms in total. The number of nitrogen functional groups attached to an aromatic ring is 1. The second-order valence-electron chi connectivity index (χ2n) is 4.79. The molecule has 0 heterocycles. The van der Waals surface area contributed by atoms with Crippen LogP contribution in [0.3, 0.4) is 0 Å². The lowest BCUT2D eigenvalue weighted by Crippen LogP contribution is -2.30. The van der Waals surface area contributed by atoms with Crippen molar-refractivity contribution in [2.75, 3.05) is 19.4 Å². The number of benzene rings is 2. The minimum atomic E-state index is -0.0133. The highest BCUT2D eigenvalue weighted by Crippen LogP contribution is 2.15. The summed E-state index contributed by atoms with van der Waals surface area (Å²) in [5.41, 5.74) is 8.02. The second kappa shape index (κ2) is 6.79. The third-order valence-corrected chi connectivity index (χ3v) is 3.34. The average molecular weight is 284 g/mol. The van der Waals surface area contributed by atoms with Crippen LogP contribution in [-0.4, -0.2) is 24.5 Å². The van der Waals surface area contributed by atoms with Gasteiger partial charge in [0.2, 0.25) is 0 Å². The highest BCUT2D eigenvalue weighted by Gasteiger charge is 2.14. The molecule has 0 bridgehead atoms. The van der Waals surface area contributed by atoms with Crippen LogP contribution >= 0.6 is 0 Å². The van der Waals surface area contributed by atoms with Crippen molar-refractivity contribution in [3.63, 3.8) is 0 Å². The van der Waals surface area contributed by atoms with Gasteiger partial charge < -0.3 is 15.4 Å². The Kier molecular flexibility index (Phi) is 4.82. The summed E-state index contributed by atoms with van der Waals surface area (Å²) in [5, 5.41) is 0. The van der Waals surface area contributed by atoms with Gasteiger partial charge in [-0.05, 0) is 42.8 Å². The highest BCUT2D eigenvalue weighted by atomic mass is 16.5. The van der Waals surface area contributed by atoms with E-state index in [1.54, 1.807) is 36.3 Å². The van der Waals surface area contributed by atoms with Crippen molar-refractivity contribution in [2.24, 2.45) is 0 Å². The molecule has 0 radical (unpaired) electrons. The summed E-state index contributed by atoms with van der Waals surface area (Å²) in [6, 6.07) is 14.8. The van der Waals surface area contributed by atoms with Crippen LogP contribution in [0.4, 0.5) is 5.69 Å². The smallest absolute Gasteiger partial charge is 0.254 e. The maximum Gasteiger partial charge on any atom is 0.254 e. The number of nitrogens with zero attached hydrogens (tertiary/aromatic N) is 1. The molecule has 2 aromatic rings. The fraction of sp³-hybridized carbons (Fsp3) is 0.235. The number of ether oxygens (including phenoxy) is 1. The van der Waals surface area contributed by atoms with E-state index >= 15 is 0 Å². The zero-order valence-electron chi connectivity index (χ0n) is 12.4. The van der Waals surface area contributed by atoms with Gasteiger partial charge in [-0.1, -0.05) is 18.2 Å². The summed E-state index contributed by atoms with van der Waals surface area (Å²) in [6.45, 7) is 3.17. The normalized spacial score (nSPS) is 10.2. The van der Waals surface area contributed by atoms with Crippen molar-refractivity contribution in [1.82, 2.24) is 4.90 Å². The first-order valence-corrected chi connectivity index (χ1v) is 6.91. The Morgan fingerprint density at radius 2 is 1.90 bits per heavy atom. The summed E-state index contributed by atoms with van der Waals surface area (Å²) in [4.78, 5) is 14.3. The molecule has 0 aliphatic carbocycles. The van der Waals surface area contributed by atoms with E-state index in [0.717, 1.165) is 11.3 Å². The molecule has 0 saturated carbocycles. The second-order valence-corrected chi connectivity index (χ2v) is 4.79. The van der Waals surface area contributed by atoms with E-state index in [0.29, 0.717) is 24.3 Å². The first-order valence-electron chi connectivity index (χ1n) is 6.91.